The first kappa shape index (κ1) is 18.1. The van der Waals surface area contributed by atoms with E-state index in [9.17, 15) is 4.39 Å². The van der Waals surface area contributed by atoms with Crippen molar-refractivity contribution in [2.24, 2.45) is 0 Å². The van der Waals surface area contributed by atoms with Crippen molar-refractivity contribution in [1.82, 2.24) is 0 Å². The van der Waals surface area contributed by atoms with Crippen molar-refractivity contribution in [1.29, 1.82) is 0 Å². The molecule has 0 aromatic heterocycles. The zero-order valence-electron chi connectivity index (χ0n) is 15.2. The van der Waals surface area contributed by atoms with Gasteiger partial charge in [0.2, 0.25) is 0 Å². The molecule has 1 unspecified atom stereocenters. The Morgan fingerprint density at radius 3 is 1.96 bits per heavy atom. The molecule has 0 saturated carbocycles. The van der Waals surface area contributed by atoms with Crippen molar-refractivity contribution in [2.45, 2.75) is 32.1 Å². The minimum atomic E-state index is -0.201. The third-order valence-corrected chi connectivity index (χ3v) is 4.79. The Bertz CT molecular complexity index is 814. The Balaban J connectivity index is 1.49. The molecule has 0 bridgehead atoms. The molecule has 1 atom stereocenters. The van der Waals surface area contributed by atoms with Crippen LogP contribution in [0.4, 0.5) is 4.39 Å². The maximum absolute atomic E-state index is 12.9. The Kier molecular flexibility index (Phi) is 6.38. The lowest BCUT2D eigenvalue weighted by Crippen LogP contribution is -1.95. The van der Waals surface area contributed by atoms with Crippen molar-refractivity contribution < 1.29 is 4.39 Å². The minimum Gasteiger partial charge on any atom is -0.207 e. The van der Waals surface area contributed by atoms with E-state index in [-0.39, 0.29) is 5.82 Å². The van der Waals surface area contributed by atoms with Gasteiger partial charge in [-0.1, -0.05) is 85.8 Å². The Morgan fingerprint density at radius 2 is 1.35 bits per heavy atom. The monoisotopic (exact) mass is 344 g/mol. The molecule has 0 nitrogen and oxygen atoms in total. The van der Waals surface area contributed by atoms with E-state index in [1.54, 1.807) is 12.1 Å². The van der Waals surface area contributed by atoms with Crippen LogP contribution in [-0.4, -0.2) is 0 Å². The zero-order valence-corrected chi connectivity index (χ0v) is 15.2. The SMILES string of the molecule is CC(CCCc1ccc(/C=C/c2ccc(F)cc2)cc1)c1ccccc1. The summed E-state index contributed by atoms with van der Waals surface area (Å²) < 4.78 is 12.9. The molecule has 1 heteroatoms. The molecule has 3 rings (SSSR count). The lowest BCUT2D eigenvalue weighted by Gasteiger charge is -2.11. The van der Waals surface area contributed by atoms with Gasteiger partial charge in [0.15, 0.2) is 0 Å². The summed E-state index contributed by atoms with van der Waals surface area (Å²) >= 11 is 0. The molecule has 0 heterocycles. The van der Waals surface area contributed by atoms with Crippen LogP contribution < -0.4 is 0 Å². The highest BCUT2D eigenvalue weighted by Gasteiger charge is 2.04. The molecule has 132 valence electrons. The fraction of sp³-hybridized carbons (Fsp3) is 0.200. The molecule has 0 aliphatic heterocycles. The largest absolute Gasteiger partial charge is 0.207 e. The predicted octanol–water partition coefficient (Wildman–Crippen LogP) is 7.12. The van der Waals surface area contributed by atoms with Gasteiger partial charge < -0.3 is 0 Å². The molecule has 26 heavy (non-hydrogen) atoms. The van der Waals surface area contributed by atoms with Gasteiger partial charge in [0.25, 0.3) is 0 Å². The van der Waals surface area contributed by atoms with Crippen LogP contribution in [0.25, 0.3) is 12.2 Å². The van der Waals surface area contributed by atoms with E-state index >= 15 is 0 Å². The number of halogens is 1. The van der Waals surface area contributed by atoms with Crippen molar-refractivity contribution >= 4 is 12.2 Å². The van der Waals surface area contributed by atoms with Crippen LogP contribution in [-0.2, 0) is 6.42 Å². The van der Waals surface area contributed by atoms with Gasteiger partial charge in [0.1, 0.15) is 5.82 Å². The topological polar surface area (TPSA) is 0 Å². The van der Waals surface area contributed by atoms with Crippen molar-refractivity contribution in [3.63, 3.8) is 0 Å². The summed E-state index contributed by atoms with van der Waals surface area (Å²) in [7, 11) is 0. The summed E-state index contributed by atoms with van der Waals surface area (Å²) in [5.41, 5.74) is 4.97. The van der Waals surface area contributed by atoms with Crippen LogP contribution in [0.3, 0.4) is 0 Å². The second-order valence-corrected chi connectivity index (χ2v) is 6.83. The first-order valence-corrected chi connectivity index (χ1v) is 9.28. The predicted molar refractivity (Wildman–Crippen MR) is 110 cm³/mol. The van der Waals surface area contributed by atoms with Gasteiger partial charge >= 0.3 is 0 Å². The van der Waals surface area contributed by atoms with Crippen LogP contribution in [0.2, 0.25) is 0 Å². The van der Waals surface area contributed by atoms with Crippen LogP contribution in [0.5, 0.6) is 0 Å². The van der Waals surface area contributed by atoms with E-state index in [1.165, 1.54) is 36.1 Å². The Hall–Kier alpha value is -2.67. The highest BCUT2D eigenvalue weighted by atomic mass is 19.1. The Morgan fingerprint density at radius 1 is 0.769 bits per heavy atom. The summed E-state index contributed by atoms with van der Waals surface area (Å²) in [5, 5.41) is 0. The molecule has 0 radical (unpaired) electrons. The molecule has 0 spiro atoms. The third kappa shape index (κ3) is 5.42. The van der Waals surface area contributed by atoms with Gasteiger partial charge in [-0.3, -0.25) is 0 Å². The van der Waals surface area contributed by atoms with Crippen molar-refractivity contribution in [3.05, 3.63) is 107 Å². The number of hydrogen-bond acceptors (Lipinski definition) is 0. The quantitative estimate of drug-likeness (QED) is 0.400. The molecule has 0 fully saturated rings. The van der Waals surface area contributed by atoms with E-state index in [1.807, 2.05) is 6.08 Å². The average Bonchev–Trinajstić information content (AvgIpc) is 2.69. The first-order chi connectivity index (χ1) is 12.7. The normalized spacial score (nSPS) is 12.4. The summed E-state index contributed by atoms with van der Waals surface area (Å²) in [5.74, 6) is 0.405. The van der Waals surface area contributed by atoms with E-state index in [4.69, 9.17) is 0 Å². The molecule has 0 aliphatic rings. The van der Waals surface area contributed by atoms with Gasteiger partial charge in [-0.2, -0.15) is 0 Å². The van der Waals surface area contributed by atoms with Crippen LogP contribution in [0.15, 0.2) is 78.9 Å². The summed E-state index contributed by atoms with van der Waals surface area (Å²) in [4.78, 5) is 0. The lowest BCUT2D eigenvalue weighted by atomic mass is 9.94. The number of aryl methyl sites for hydroxylation is 1. The van der Waals surface area contributed by atoms with E-state index in [2.05, 4.69) is 67.6 Å². The van der Waals surface area contributed by atoms with Gasteiger partial charge in [0, 0.05) is 0 Å². The van der Waals surface area contributed by atoms with Gasteiger partial charge in [0.05, 0.1) is 0 Å². The molecular formula is C25H25F. The third-order valence-electron chi connectivity index (χ3n) is 4.79. The number of rotatable bonds is 7. The van der Waals surface area contributed by atoms with Crippen LogP contribution in [0, 0.1) is 5.82 Å². The summed E-state index contributed by atoms with van der Waals surface area (Å²) in [6.07, 6.45) is 7.58. The maximum Gasteiger partial charge on any atom is 0.123 e. The molecular weight excluding hydrogens is 319 g/mol. The second-order valence-electron chi connectivity index (χ2n) is 6.83. The molecule has 0 amide bonds. The van der Waals surface area contributed by atoms with Crippen molar-refractivity contribution in [3.8, 4) is 0 Å². The van der Waals surface area contributed by atoms with Gasteiger partial charge in [-0.05, 0) is 59.6 Å². The van der Waals surface area contributed by atoms with E-state index < -0.39 is 0 Å². The van der Waals surface area contributed by atoms with Crippen LogP contribution in [0.1, 0.15) is 47.9 Å². The molecule has 0 N–H and O–H groups in total. The van der Waals surface area contributed by atoms with Gasteiger partial charge in [-0.25, -0.2) is 4.39 Å². The van der Waals surface area contributed by atoms with Gasteiger partial charge in [-0.15, -0.1) is 0 Å². The first-order valence-electron chi connectivity index (χ1n) is 9.28. The average molecular weight is 344 g/mol. The highest BCUT2D eigenvalue weighted by molar-refractivity contribution is 5.69. The minimum absolute atomic E-state index is 0.201. The van der Waals surface area contributed by atoms with E-state index in [0.717, 1.165) is 17.5 Å². The zero-order chi connectivity index (χ0) is 18.2. The molecule has 0 aliphatic carbocycles. The standard InChI is InChI=1S/C25H25F/c1-20(24-8-3-2-4-9-24)6-5-7-21-10-12-22(13-11-21)14-15-23-16-18-25(26)19-17-23/h2-4,8-20H,5-7H2,1H3/b15-14+. The fourth-order valence-electron chi connectivity index (χ4n) is 3.12. The highest BCUT2D eigenvalue weighted by Crippen LogP contribution is 2.21. The van der Waals surface area contributed by atoms with E-state index in [0.29, 0.717) is 5.92 Å². The fourth-order valence-corrected chi connectivity index (χ4v) is 3.12. The summed E-state index contributed by atoms with van der Waals surface area (Å²) in [6.45, 7) is 2.30. The van der Waals surface area contributed by atoms with Crippen molar-refractivity contribution in [2.75, 3.05) is 0 Å². The number of benzene rings is 3. The molecule has 0 saturated heterocycles. The molecule has 3 aromatic carbocycles. The Labute approximate surface area is 156 Å². The molecule has 3 aromatic rings. The maximum atomic E-state index is 12.9. The van der Waals surface area contributed by atoms with Crippen LogP contribution >= 0.6 is 0 Å². The number of hydrogen-bond donors (Lipinski definition) is 0. The smallest absolute Gasteiger partial charge is 0.123 e. The summed E-state index contributed by atoms with van der Waals surface area (Å²) in [6, 6.07) is 26.0. The lowest BCUT2D eigenvalue weighted by molar-refractivity contribution is 0.628. The second kappa shape index (κ2) is 9.15.